The second-order valence-electron chi connectivity index (χ2n) is 5.96. The number of rotatable bonds is 4. The second kappa shape index (κ2) is 7.83. The molecular formula is C18H12F5NO4. The van der Waals surface area contributed by atoms with Crippen molar-refractivity contribution in [3.8, 4) is 5.75 Å². The maximum absolute atomic E-state index is 13.5. The van der Waals surface area contributed by atoms with Gasteiger partial charge in [-0.1, -0.05) is 30.3 Å². The Hall–Kier alpha value is -3.17. The molecule has 0 bridgehead atoms. The Morgan fingerprint density at radius 1 is 0.893 bits per heavy atom. The summed E-state index contributed by atoms with van der Waals surface area (Å²) in [6.45, 7) is -0.348. The largest absolute Gasteiger partial charge is 0.445 e. The third-order valence-electron chi connectivity index (χ3n) is 4.05. The predicted octanol–water partition coefficient (Wildman–Crippen LogP) is 3.56. The smallest absolute Gasteiger partial charge is 0.410 e. The van der Waals surface area contributed by atoms with Crippen LogP contribution in [0.2, 0.25) is 0 Å². The molecule has 2 aromatic carbocycles. The Balaban J connectivity index is 1.55. The molecule has 1 saturated heterocycles. The summed E-state index contributed by atoms with van der Waals surface area (Å²) in [7, 11) is 0. The Morgan fingerprint density at radius 3 is 2.00 bits per heavy atom. The van der Waals surface area contributed by atoms with Crippen LogP contribution >= 0.6 is 0 Å². The van der Waals surface area contributed by atoms with Crippen LogP contribution in [0, 0.1) is 35.0 Å². The fraction of sp³-hybridized carbons (Fsp3) is 0.222. The Kier molecular flexibility index (Phi) is 5.48. The molecule has 0 spiro atoms. The van der Waals surface area contributed by atoms with Gasteiger partial charge in [0, 0.05) is 13.1 Å². The Labute approximate surface area is 155 Å². The fourth-order valence-electron chi connectivity index (χ4n) is 2.45. The summed E-state index contributed by atoms with van der Waals surface area (Å²) in [6.07, 6.45) is -0.718. The van der Waals surface area contributed by atoms with Gasteiger partial charge in [0.15, 0.2) is 0 Å². The monoisotopic (exact) mass is 401 g/mol. The predicted molar refractivity (Wildman–Crippen MR) is 83.6 cm³/mol. The van der Waals surface area contributed by atoms with Gasteiger partial charge in [0.2, 0.25) is 34.8 Å². The van der Waals surface area contributed by atoms with Gasteiger partial charge in [-0.05, 0) is 5.56 Å². The lowest BCUT2D eigenvalue weighted by atomic mass is 10.0. The van der Waals surface area contributed by atoms with Gasteiger partial charge >= 0.3 is 12.1 Å². The summed E-state index contributed by atoms with van der Waals surface area (Å²) >= 11 is 0. The Morgan fingerprint density at radius 2 is 1.43 bits per heavy atom. The molecule has 0 saturated carbocycles. The zero-order valence-corrected chi connectivity index (χ0v) is 14.1. The molecule has 0 aliphatic carbocycles. The van der Waals surface area contributed by atoms with Crippen molar-refractivity contribution in [2.45, 2.75) is 6.61 Å². The molecule has 0 radical (unpaired) electrons. The van der Waals surface area contributed by atoms with Crippen LogP contribution in [-0.2, 0) is 16.1 Å². The van der Waals surface area contributed by atoms with Gasteiger partial charge in [-0.25, -0.2) is 18.0 Å². The number of carbonyl (C=O) groups excluding carboxylic acids is 2. The highest BCUT2D eigenvalue weighted by Crippen LogP contribution is 2.30. The molecule has 0 unspecified atom stereocenters. The molecule has 0 atom stereocenters. The fourth-order valence-corrected chi connectivity index (χ4v) is 2.45. The average Bonchev–Trinajstić information content (AvgIpc) is 2.66. The molecule has 0 N–H and O–H groups in total. The summed E-state index contributed by atoms with van der Waals surface area (Å²) in [4.78, 5) is 24.9. The maximum atomic E-state index is 13.5. The molecule has 5 nitrogen and oxygen atoms in total. The van der Waals surface area contributed by atoms with Crippen LogP contribution in [0.5, 0.6) is 5.75 Å². The molecule has 0 aromatic heterocycles. The molecule has 2 aromatic rings. The van der Waals surface area contributed by atoms with Crippen LogP contribution < -0.4 is 4.74 Å². The van der Waals surface area contributed by atoms with Gasteiger partial charge in [-0.3, -0.25) is 4.79 Å². The van der Waals surface area contributed by atoms with E-state index in [1.807, 2.05) is 0 Å². The number of carbonyl (C=O) groups is 2. The minimum absolute atomic E-state index is 0.00976. The number of nitrogens with zero attached hydrogens (tertiary/aromatic N) is 1. The van der Waals surface area contributed by atoms with Crippen molar-refractivity contribution in [2.75, 3.05) is 13.1 Å². The number of hydrogen-bond acceptors (Lipinski definition) is 4. The normalized spacial score (nSPS) is 13.8. The topological polar surface area (TPSA) is 55.8 Å². The van der Waals surface area contributed by atoms with Crippen molar-refractivity contribution >= 4 is 12.1 Å². The molecule has 148 valence electrons. The van der Waals surface area contributed by atoms with Crippen molar-refractivity contribution in [3.63, 3.8) is 0 Å². The molecular weight excluding hydrogens is 389 g/mol. The third kappa shape index (κ3) is 3.75. The number of ether oxygens (including phenoxy) is 2. The standard InChI is InChI=1S/C18H12F5NO4/c19-11-12(20)14(22)16(15(23)13(11)21)28-17(25)10-6-24(7-10)18(26)27-8-9-4-2-1-3-5-9/h1-5,10H,6-8H2. The van der Waals surface area contributed by atoms with Crippen molar-refractivity contribution in [1.82, 2.24) is 4.90 Å². The average molecular weight is 401 g/mol. The number of hydrogen-bond donors (Lipinski definition) is 0. The van der Waals surface area contributed by atoms with E-state index in [2.05, 4.69) is 4.74 Å². The molecule has 1 heterocycles. The summed E-state index contributed by atoms with van der Waals surface area (Å²) in [5.41, 5.74) is 0.749. The number of halogens is 5. The summed E-state index contributed by atoms with van der Waals surface area (Å²) in [5.74, 6) is -15.2. The summed E-state index contributed by atoms with van der Waals surface area (Å²) in [5, 5.41) is 0. The van der Waals surface area contributed by atoms with E-state index in [9.17, 15) is 31.5 Å². The molecule has 1 aliphatic rings. The first-order valence-electron chi connectivity index (χ1n) is 7.98. The molecule has 1 aliphatic heterocycles. The molecule has 1 amide bonds. The van der Waals surface area contributed by atoms with Crippen molar-refractivity contribution < 1.29 is 41.0 Å². The number of esters is 1. The molecule has 3 rings (SSSR count). The van der Waals surface area contributed by atoms with E-state index in [0.29, 0.717) is 0 Å². The van der Waals surface area contributed by atoms with Gasteiger partial charge in [-0.2, -0.15) is 8.78 Å². The van der Waals surface area contributed by atoms with E-state index >= 15 is 0 Å². The van der Waals surface area contributed by atoms with E-state index in [1.54, 1.807) is 30.3 Å². The molecule has 10 heteroatoms. The number of likely N-dealkylation sites (tertiary alicyclic amines) is 1. The summed E-state index contributed by atoms with van der Waals surface area (Å²) < 4.78 is 75.7. The third-order valence-corrected chi connectivity index (χ3v) is 4.05. The van der Waals surface area contributed by atoms with Crippen LogP contribution in [0.3, 0.4) is 0 Å². The highest BCUT2D eigenvalue weighted by Gasteiger charge is 2.39. The van der Waals surface area contributed by atoms with Gasteiger partial charge < -0.3 is 14.4 Å². The quantitative estimate of drug-likeness (QED) is 0.259. The van der Waals surface area contributed by atoms with Crippen LogP contribution in [0.25, 0.3) is 0 Å². The summed E-state index contributed by atoms with van der Waals surface area (Å²) in [6, 6.07) is 8.80. The highest BCUT2D eigenvalue weighted by molar-refractivity contribution is 5.80. The maximum Gasteiger partial charge on any atom is 0.410 e. The van der Waals surface area contributed by atoms with E-state index in [4.69, 9.17) is 4.74 Å². The van der Waals surface area contributed by atoms with Crippen molar-refractivity contribution in [1.29, 1.82) is 0 Å². The lowest BCUT2D eigenvalue weighted by molar-refractivity contribution is -0.144. The van der Waals surface area contributed by atoms with Crippen LogP contribution in [0.4, 0.5) is 26.7 Å². The number of amides is 1. The van der Waals surface area contributed by atoms with Crippen LogP contribution in [0.15, 0.2) is 30.3 Å². The van der Waals surface area contributed by atoms with Gasteiger partial charge in [-0.15, -0.1) is 0 Å². The highest BCUT2D eigenvalue weighted by atomic mass is 19.2. The van der Waals surface area contributed by atoms with E-state index in [0.717, 1.165) is 10.5 Å². The SMILES string of the molecule is O=C(Oc1c(F)c(F)c(F)c(F)c1F)C1CN(C(=O)OCc2ccccc2)C1. The molecule has 28 heavy (non-hydrogen) atoms. The van der Waals surface area contributed by atoms with Crippen LogP contribution in [-0.4, -0.2) is 30.1 Å². The first-order chi connectivity index (χ1) is 13.3. The van der Waals surface area contributed by atoms with Gasteiger partial charge in [0.05, 0.1) is 5.92 Å². The van der Waals surface area contributed by atoms with Gasteiger partial charge in [0.25, 0.3) is 0 Å². The number of benzene rings is 2. The second-order valence-corrected chi connectivity index (χ2v) is 5.96. The van der Waals surface area contributed by atoms with E-state index in [-0.39, 0.29) is 19.7 Å². The zero-order chi connectivity index (χ0) is 20.4. The van der Waals surface area contributed by atoms with Crippen molar-refractivity contribution in [2.24, 2.45) is 5.92 Å². The molecule has 1 fully saturated rings. The van der Waals surface area contributed by atoms with E-state index in [1.165, 1.54) is 0 Å². The lowest BCUT2D eigenvalue weighted by Gasteiger charge is -2.36. The minimum atomic E-state index is -2.36. The zero-order valence-electron chi connectivity index (χ0n) is 14.1. The van der Waals surface area contributed by atoms with Crippen LogP contribution in [0.1, 0.15) is 5.56 Å². The minimum Gasteiger partial charge on any atom is -0.445 e. The van der Waals surface area contributed by atoms with Crippen molar-refractivity contribution in [3.05, 3.63) is 65.0 Å². The van der Waals surface area contributed by atoms with E-state index < -0.39 is 52.8 Å². The lowest BCUT2D eigenvalue weighted by Crippen LogP contribution is -2.54. The first kappa shape index (κ1) is 19.6. The Bertz CT molecular complexity index is 887. The first-order valence-corrected chi connectivity index (χ1v) is 7.98. The van der Waals surface area contributed by atoms with Gasteiger partial charge in [0.1, 0.15) is 6.61 Å².